The van der Waals surface area contributed by atoms with Gasteiger partial charge in [-0.15, -0.1) is 11.3 Å². The second kappa shape index (κ2) is 7.55. The van der Waals surface area contributed by atoms with Gasteiger partial charge in [-0.25, -0.2) is 9.97 Å². The molecule has 1 N–H and O–H groups in total. The Morgan fingerprint density at radius 2 is 2.04 bits per heavy atom. The fourth-order valence-corrected chi connectivity index (χ4v) is 3.43. The molecule has 0 saturated carbocycles. The quantitative estimate of drug-likeness (QED) is 0.555. The smallest absolute Gasteiger partial charge is 0.255 e. The Bertz CT molecular complexity index is 1050. The van der Waals surface area contributed by atoms with E-state index in [2.05, 4.69) is 15.3 Å². The van der Waals surface area contributed by atoms with Gasteiger partial charge in [0.1, 0.15) is 0 Å². The maximum Gasteiger partial charge on any atom is 0.255 e. The number of carbonyl (C=O) groups is 1. The molecule has 6 heteroatoms. The third-order valence-electron chi connectivity index (χ3n) is 4.18. The van der Waals surface area contributed by atoms with E-state index >= 15 is 0 Å². The number of aromatic nitrogens is 3. The lowest BCUT2D eigenvalue weighted by Gasteiger charge is -2.08. The number of hydrogen-bond donors (Lipinski definition) is 1. The fraction of sp³-hybridized carbons (Fsp3) is 0.0952. The number of carbonyl (C=O) groups excluding carboxylic acids is 1. The van der Waals surface area contributed by atoms with E-state index in [1.54, 1.807) is 23.9 Å². The van der Waals surface area contributed by atoms with Crippen LogP contribution in [0.5, 0.6) is 0 Å². The van der Waals surface area contributed by atoms with E-state index in [9.17, 15) is 4.79 Å². The Morgan fingerprint density at radius 1 is 1.19 bits per heavy atom. The SMILES string of the molecule is Cc1nc(-c2cccc(NC(=O)c3ccc(Cn4ccnc4)cc3)c2)cs1. The summed E-state index contributed by atoms with van der Waals surface area (Å²) in [5.74, 6) is -0.129. The summed E-state index contributed by atoms with van der Waals surface area (Å²) in [4.78, 5) is 21.1. The molecular weight excluding hydrogens is 356 g/mol. The van der Waals surface area contributed by atoms with Crippen LogP contribution in [0.4, 0.5) is 5.69 Å². The molecule has 0 aliphatic rings. The molecule has 134 valence electrons. The number of rotatable bonds is 5. The Morgan fingerprint density at radius 3 is 2.74 bits per heavy atom. The van der Waals surface area contributed by atoms with Gasteiger partial charge in [-0.05, 0) is 36.8 Å². The van der Waals surface area contributed by atoms with Crippen molar-refractivity contribution in [2.45, 2.75) is 13.5 Å². The predicted molar refractivity (Wildman–Crippen MR) is 108 cm³/mol. The molecule has 27 heavy (non-hydrogen) atoms. The first-order valence-electron chi connectivity index (χ1n) is 8.56. The van der Waals surface area contributed by atoms with Crippen LogP contribution in [0.15, 0.2) is 72.6 Å². The van der Waals surface area contributed by atoms with E-state index in [0.717, 1.165) is 34.1 Å². The van der Waals surface area contributed by atoms with E-state index in [4.69, 9.17) is 0 Å². The number of hydrogen-bond acceptors (Lipinski definition) is 4. The highest BCUT2D eigenvalue weighted by Crippen LogP contribution is 2.24. The van der Waals surface area contributed by atoms with Gasteiger partial charge >= 0.3 is 0 Å². The molecule has 0 radical (unpaired) electrons. The Kier molecular flexibility index (Phi) is 4.80. The van der Waals surface area contributed by atoms with E-state index < -0.39 is 0 Å². The molecule has 4 rings (SSSR count). The molecule has 0 saturated heterocycles. The van der Waals surface area contributed by atoms with Crippen molar-refractivity contribution in [3.63, 3.8) is 0 Å². The van der Waals surface area contributed by atoms with Crippen LogP contribution in [-0.4, -0.2) is 20.4 Å². The molecule has 0 fully saturated rings. The van der Waals surface area contributed by atoms with Crippen molar-refractivity contribution in [1.29, 1.82) is 0 Å². The van der Waals surface area contributed by atoms with Crippen molar-refractivity contribution in [1.82, 2.24) is 14.5 Å². The Balaban J connectivity index is 1.46. The van der Waals surface area contributed by atoms with Crippen LogP contribution in [-0.2, 0) is 6.54 Å². The van der Waals surface area contributed by atoms with Crippen molar-refractivity contribution in [3.8, 4) is 11.3 Å². The minimum Gasteiger partial charge on any atom is -0.333 e. The van der Waals surface area contributed by atoms with Crippen LogP contribution < -0.4 is 5.32 Å². The van der Waals surface area contributed by atoms with Gasteiger partial charge in [0.2, 0.25) is 0 Å². The van der Waals surface area contributed by atoms with Crippen LogP contribution in [0.25, 0.3) is 11.3 Å². The lowest BCUT2D eigenvalue weighted by atomic mass is 10.1. The fourth-order valence-electron chi connectivity index (χ4n) is 2.81. The third kappa shape index (κ3) is 4.12. The average molecular weight is 374 g/mol. The summed E-state index contributed by atoms with van der Waals surface area (Å²) in [5, 5.41) is 6.01. The summed E-state index contributed by atoms with van der Waals surface area (Å²) in [6.45, 7) is 2.72. The van der Waals surface area contributed by atoms with Gasteiger partial charge in [0.25, 0.3) is 5.91 Å². The molecular formula is C21H18N4OS. The monoisotopic (exact) mass is 374 g/mol. The number of amides is 1. The van der Waals surface area contributed by atoms with Gasteiger partial charge in [0.05, 0.1) is 17.0 Å². The van der Waals surface area contributed by atoms with Gasteiger partial charge in [-0.3, -0.25) is 4.79 Å². The second-order valence-corrected chi connectivity index (χ2v) is 7.28. The minimum atomic E-state index is -0.129. The van der Waals surface area contributed by atoms with Crippen molar-refractivity contribution < 1.29 is 4.79 Å². The molecule has 0 atom stereocenters. The van der Waals surface area contributed by atoms with Crippen molar-refractivity contribution in [2.24, 2.45) is 0 Å². The zero-order chi connectivity index (χ0) is 18.6. The average Bonchev–Trinajstić information content (AvgIpc) is 3.34. The number of imidazole rings is 1. The first kappa shape index (κ1) is 17.2. The standard InChI is InChI=1S/C21H18N4OS/c1-15-23-20(13-27-15)18-3-2-4-19(11-18)24-21(26)17-7-5-16(6-8-17)12-25-10-9-22-14-25/h2-11,13-14H,12H2,1H3,(H,24,26). The lowest BCUT2D eigenvalue weighted by molar-refractivity contribution is 0.102. The van der Waals surface area contributed by atoms with E-state index in [0.29, 0.717) is 5.56 Å². The molecule has 1 amide bonds. The second-order valence-electron chi connectivity index (χ2n) is 6.22. The van der Waals surface area contributed by atoms with E-state index in [1.807, 2.05) is 71.6 Å². The van der Waals surface area contributed by atoms with E-state index in [1.165, 1.54) is 0 Å². The first-order chi connectivity index (χ1) is 13.2. The highest BCUT2D eigenvalue weighted by Gasteiger charge is 2.08. The minimum absolute atomic E-state index is 0.129. The molecule has 4 aromatic rings. The highest BCUT2D eigenvalue weighted by molar-refractivity contribution is 7.09. The lowest BCUT2D eigenvalue weighted by Crippen LogP contribution is -2.12. The molecule has 0 aliphatic heterocycles. The molecule has 2 aromatic carbocycles. The maximum absolute atomic E-state index is 12.6. The molecule has 0 aliphatic carbocycles. The van der Waals surface area contributed by atoms with Crippen LogP contribution in [0, 0.1) is 6.92 Å². The predicted octanol–water partition coefficient (Wildman–Crippen LogP) is 4.62. The molecule has 5 nitrogen and oxygen atoms in total. The first-order valence-corrected chi connectivity index (χ1v) is 9.44. The maximum atomic E-state index is 12.6. The van der Waals surface area contributed by atoms with Gasteiger partial charge in [-0.2, -0.15) is 0 Å². The number of thiazole rings is 1. The number of aryl methyl sites for hydroxylation is 1. The van der Waals surface area contributed by atoms with Gasteiger partial charge in [0, 0.05) is 41.1 Å². The summed E-state index contributed by atoms with van der Waals surface area (Å²) in [6.07, 6.45) is 5.44. The number of nitrogens with zero attached hydrogens (tertiary/aromatic N) is 3. The molecule has 0 bridgehead atoms. The summed E-state index contributed by atoms with van der Waals surface area (Å²) < 4.78 is 1.99. The zero-order valence-corrected chi connectivity index (χ0v) is 15.6. The Labute approximate surface area is 161 Å². The summed E-state index contributed by atoms with van der Waals surface area (Å²) in [5.41, 5.74) is 4.42. The summed E-state index contributed by atoms with van der Waals surface area (Å²) in [6, 6.07) is 15.4. The molecule has 2 aromatic heterocycles. The number of nitrogens with one attached hydrogen (secondary N) is 1. The molecule has 2 heterocycles. The van der Waals surface area contributed by atoms with Crippen LogP contribution >= 0.6 is 11.3 Å². The zero-order valence-electron chi connectivity index (χ0n) is 14.8. The van der Waals surface area contributed by atoms with Gasteiger partial charge < -0.3 is 9.88 Å². The normalized spacial score (nSPS) is 10.7. The molecule has 0 spiro atoms. The van der Waals surface area contributed by atoms with Crippen LogP contribution in [0.3, 0.4) is 0 Å². The number of anilines is 1. The van der Waals surface area contributed by atoms with Crippen molar-refractivity contribution >= 4 is 22.9 Å². The largest absolute Gasteiger partial charge is 0.333 e. The van der Waals surface area contributed by atoms with Gasteiger partial charge in [0.15, 0.2) is 0 Å². The number of benzene rings is 2. The van der Waals surface area contributed by atoms with Crippen molar-refractivity contribution in [3.05, 3.63) is 88.8 Å². The van der Waals surface area contributed by atoms with E-state index in [-0.39, 0.29) is 5.91 Å². The Hall–Kier alpha value is -3.25. The van der Waals surface area contributed by atoms with Crippen molar-refractivity contribution in [2.75, 3.05) is 5.32 Å². The topological polar surface area (TPSA) is 59.8 Å². The molecule has 0 unspecified atom stereocenters. The third-order valence-corrected chi connectivity index (χ3v) is 4.95. The van der Waals surface area contributed by atoms with Gasteiger partial charge in [-0.1, -0.05) is 24.3 Å². The summed E-state index contributed by atoms with van der Waals surface area (Å²) in [7, 11) is 0. The highest BCUT2D eigenvalue weighted by atomic mass is 32.1. The van der Waals surface area contributed by atoms with Crippen LogP contribution in [0.1, 0.15) is 20.9 Å². The van der Waals surface area contributed by atoms with Crippen LogP contribution in [0.2, 0.25) is 0 Å². The summed E-state index contributed by atoms with van der Waals surface area (Å²) >= 11 is 1.61.